The summed E-state index contributed by atoms with van der Waals surface area (Å²) in [7, 11) is -3.03. The van der Waals surface area contributed by atoms with E-state index in [1.54, 1.807) is 0 Å². The van der Waals surface area contributed by atoms with E-state index >= 15 is 0 Å². The third kappa shape index (κ3) is 4.78. The largest absolute Gasteiger partial charge is 0.323 e. The van der Waals surface area contributed by atoms with Crippen LogP contribution in [0.3, 0.4) is 0 Å². The first kappa shape index (κ1) is 15.2. The smallest absolute Gasteiger partial charge is 0.152 e. The predicted octanol–water partition coefficient (Wildman–Crippen LogP) is 2.46. The fraction of sp³-hybridized carbons (Fsp3) is 0.571. The Balaban J connectivity index is 2.66. The maximum absolute atomic E-state index is 11.8. The second-order valence-electron chi connectivity index (χ2n) is 4.67. The molecule has 0 saturated heterocycles. The third-order valence-corrected chi connectivity index (χ3v) is 4.84. The van der Waals surface area contributed by atoms with E-state index in [0.717, 1.165) is 18.4 Å². The van der Waals surface area contributed by atoms with Crippen molar-refractivity contribution in [2.24, 2.45) is 5.73 Å². The molecule has 0 saturated carbocycles. The molecule has 0 aliphatic heterocycles. The summed E-state index contributed by atoms with van der Waals surface area (Å²) in [4.78, 5) is 0. The zero-order valence-electron chi connectivity index (χ0n) is 11.2. The van der Waals surface area contributed by atoms with E-state index in [1.165, 1.54) is 5.56 Å². The summed E-state index contributed by atoms with van der Waals surface area (Å²) < 4.78 is 23.6. The average molecular weight is 269 g/mol. The number of benzene rings is 1. The zero-order chi connectivity index (χ0) is 13.6. The van der Waals surface area contributed by atoms with Gasteiger partial charge in [0.2, 0.25) is 0 Å². The standard InChI is InChI=1S/C14H23NO2S/c1-3-5-10-18(16,17)11-14(15)13-8-6-12(4-2)7-9-13/h6-9,14H,3-5,10-11,15H2,1-2H3. The van der Waals surface area contributed by atoms with Crippen LogP contribution in [-0.2, 0) is 16.3 Å². The molecule has 0 aliphatic carbocycles. The van der Waals surface area contributed by atoms with E-state index in [2.05, 4.69) is 6.92 Å². The first-order chi connectivity index (χ1) is 8.48. The molecule has 1 unspecified atom stereocenters. The summed E-state index contributed by atoms with van der Waals surface area (Å²) in [5.41, 5.74) is 8.10. The van der Waals surface area contributed by atoms with Gasteiger partial charge in [-0.15, -0.1) is 0 Å². The van der Waals surface area contributed by atoms with Gasteiger partial charge in [-0.25, -0.2) is 8.42 Å². The summed E-state index contributed by atoms with van der Waals surface area (Å²) in [6.07, 6.45) is 2.58. The molecule has 0 spiro atoms. The minimum atomic E-state index is -3.03. The van der Waals surface area contributed by atoms with E-state index in [9.17, 15) is 8.42 Å². The monoisotopic (exact) mass is 269 g/mol. The average Bonchev–Trinajstić information content (AvgIpc) is 2.36. The first-order valence-corrected chi connectivity index (χ1v) is 8.35. The van der Waals surface area contributed by atoms with Gasteiger partial charge in [0.15, 0.2) is 9.84 Å². The molecule has 2 N–H and O–H groups in total. The van der Waals surface area contributed by atoms with E-state index in [1.807, 2.05) is 31.2 Å². The Kier molecular flexibility index (Phi) is 5.82. The Hall–Kier alpha value is -0.870. The molecular formula is C14H23NO2S. The molecule has 0 amide bonds. The van der Waals surface area contributed by atoms with Crippen LogP contribution in [0.2, 0.25) is 0 Å². The molecule has 1 aromatic carbocycles. The third-order valence-electron chi connectivity index (χ3n) is 3.06. The van der Waals surface area contributed by atoms with Gasteiger partial charge in [-0.3, -0.25) is 0 Å². The Labute approximate surface area is 110 Å². The van der Waals surface area contributed by atoms with E-state index < -0.39 is 15.9 Å². The van der Waals surface area contributed by atoms with Crippen molar-refractivity contribution in [2.45, 2.75) is 39.2 Å². The van der Waals surface area contributed by atoms with Gasteiger partial charge in [0, 0.05) is 6.04 Å². The van der Waals surface area contributed by atoms with Crippen molar-refractivity contribution in [3.8, 4) is 0 Å². The van der Waals surface area contributed by atoms with Crippen LogP contribution in [-0.4, -0.2) is 19.9 Å². The van der Waals surface area contributed by atoms with Gasteiger partial charge in [0.25, 0.3) is 0 Å². The molecule has 3 nitrogen and oxygen atoms in total. The molecule has 0 heterocycles. The fourth-order valence-electron chi connectivity index (χ4n) is 1.82. The molecule has 1 rings (SSSR count). The molecule has 0 aromatic heterocycles. The number of hydrogen-bond donors (Lipinski definition) is 1. The maximum atomic E-state index is 11.8. The van der Waals surface area contributed by atoms with Gasteiger partial charge in [0.05, 0.1) is 11.5 Å². The second-order valence-corrected chi connectivity index (χ2v) is 6.90. The number of aryl methyl sites for hydroxylation is 1. The van der Waals surface area contributed by atoms with E-state index in [4.69, 9.17) is 5.73 Å². The summed E-state index contributed by atoms with van der Waals surface area (Å²) in [6, 6.07) is 7.46. The van der Waals surface area contributed by atoms with Crippen LogP contribution in [0.4, 0.5) is 0 Å². The predicted molar refractivity (Wildman–Crippen MR) is 76.3 cm³/mol. The van der Waals surface area contributed by atoms with Crippen LogP contribution >= 0.6 is 0 Å². The normalized spacial score (nSPS) is 13.5. The number of hydrogen-bond acceptors (Lipinski definition) is 3. The number of nitrogens with two attached hydrogens (primary N) is 1. The van der Waals surface area contributed by atoms with Crippen LogP contribution < -0.4 is 5.73 Å². The Morgan fingerprint density at radius 3 is 2.28 bits per heavy atom. The molecule has 4 heteroatoms. The van der Waals surface area contributed by atoms with Crippen molar-refractivity contribution in [3.05, 3.63) is 35.4 Å². The quantitative estimate of drug-likeness (QED) is 0.827. The van der Waals surface area contributed by atoms with Crippen molar-refractivity contribution in [2.75, 3.05) is 11.5 Å². The molecule has 1 aromatic rings. The second kappa shape index (κ2) is 6.90. The number of rotatable bonds is 7. The summed E-state index contributed by atoms with van der Waals surface area (Å²) in [5, 5.41) is 0. The summed E-state index contributed by atoms with van der Waals surface area (Å²) in [5.74, 6) is 0.280. The summed E-state index contributed by atoms with van der Waals surface area (Å²) >= 11 is 0. The summed E-state index contributed by atoms with van der Waals surface area (Å²) in [6.45, 7) is 4.07. The Morgan fingerprint density at radius 2 is 1.78 bits per heavy atom. The highest BCUT2D eigenvalue weighted by Crippen LogP contribution is 2.15. The zero-order valence-corrected chi connectivity index (χ0v) is 12.0. The van der Waals surface area contributed by atoms with Crippen LogP contribution in [0.15, 0.2) is 24.3 Å². The van der Waals surface area contributed by atoms with Gasteiger partial charge in [-0.2, -0.15) is 0 Å². The van der Waals surface area contributed by atoms with Gasteiger partial charge >= 0.3 is 0 Å². The van der Waals surface area contributed by atoms with Crippen molar-refractivity contribution in [1.82, 2.24) is 0 Å². The molecule has 0 bridgehead atoms. The minimum Gasteiger partial charge on any atom is -0.323 e. The lowest BCUT2D eigenvalue weighted by atomic mass is 10.1. The maximum Gasteiger partial charge on any atom is 0.152 e. The van der Waals surface area contributed by atoms with E-state index in [0.29, 0.717) is 6.42 Å². The lowest BCUT2D eigenvalue weighted by Crippen LogP contribution is -2.23. The van der Waals surface area contributed by atoms with Crippen molar-refractivity contribution < 1.29 is 8.42 Å². The highest BCUT2D eigenvalue weighted by atomic mass is 32.2. The molecule has 0 fully saturated rings. The fourth-order valence-corrected chi connectivity index (χ4v) is 3.45. The van der Waals surface area contributed by atoms with Crippen molar-refractivity contribution in [1.29, 1.82) is 0 Å². The highest BCUT2D eigenvalue weighted by molar-refractivity contribution is 7.91. The van der Waals surface area contributed by atoms with Gasteiger partial charge < -0.3 is 5.73 Å². The van der Waals surface area contributed by atoms with Crippen molar-refractivity contribution >= 4 is 9.84 Å². The number of sulfone groups is 1. The Morgan fingerprint density at radius 1 is 1.17 bits per heavy atom. The van der Waals surface area contributed by atoms with E-state index in [-0.39, 0.29) is 11.5 Å². The molecular weight excluding hydrogens is 246 g/mol. The molecule has 0 aliphatic rings. The lowest BCUT2D eigenvalue weighted by molar-refractivity contribution is 0.585. The van der Waals surface area contributed by atoms with Crippen LogP contribution in [0.25, 0.3) is 0 Å². The lowest BCUT2D eigenvalue weighted by Gasteiger charge is -2.13. The SMILES string of the molecule is CCCCS(=O)(=O)CC(N)c1ccc(CC)cc1. The van der Waals surface area contributed by atoms with Crippen molar-refractivity contribution in [3.63, 3.8) is 0 Å². The topological polar surface area (TPSA) is 60.2 Å². The van der Waals surface area contributed by atoms with Gasteiger partial charge in [0.1, 0.15) is 0 Å². The first-order valence-electron chi connectivity index (χ1n) is 6.53. The molecule has 18 heavy (non-hydrogen) atoms. The number of unbranched alkanes of at least 4 members (excludes halogenated alkanes) is 1. The van der Waals surface area contributed by atoms with Crippen LogP contribution in [0.5, 0.6) is 0 Å². The van der Waals surface area contributed by atoms with Gasteiger partial charge in [-0.1, -0.05) is 44.5 Å². The molecule has 102 valence electrons. The Bertz CT molecular complexity index is 451. The van der Waals surface area contributed by atoms with Crippen LogP contribution in [0, 0.1) is 0 Å². The molecule has 1 atom stereocenters. The highest BCUT2D eigenvalue weighted by Gasteiger charge is 2.17. The van der Waals surface area contributed by atoms with Crippen LogP contribution in [0.1, 0.15) is 43.9 Å². The van der Waals surface area contributed by atoms with Gasteiger partial charge in [-0.05, 0) is 24.0 Å². The minimum absolute atomic E-state index is 0.0402. The molecule has 0 radical (unpaired) electrons.